The number of aliphatic hydroxyl groups is 1. The Labute approximate surface area is 120 Å². The monoisotopic (exact) mass is 271 g/mol. The number of ether oxygens (including phenoxy) is 1. The molecule has 1 atom stereocenters. The van der Waals surface area contributed by atoms with Crippen molar-refractivity contribution >= 4 is 0 Å². The lowest BCUT2D eigenvalue weighted by molar-refractivity contribution is 0.0777. The van der Waals surface area contributed by atoms with Crippen molar-refractivity contribution < 1.29 is 9.84 Å². The Morgan fingerprint density at radius 1 is 0.900 bits per heavy atom. The SMILES string of the molecule is OC[C@H](COCc1ccccc1)NCc1ccccc1. The highest BCUT2D eigenvalue weighted by molar-refractivity contribution is 5.14. The number of nitrogens with one attached hydrogen (secondary N) is 1. The maximum atomic E-state index is 9.36. The molecule has 0 aliphatic heterocycles. The second kappa shape index (κ2) is 8.48. The van der Waals surface area contributed by atoms with Crippen LogP contribution in [0.15, 0.2) is 60.7 Å². The second-order valence-corrected chi connectivity index (χ2v) is 4.75. The molecule has 0 saturated heterocycles. The van der Waals surface area contributed by atoms with Crippen LogP contribution in [0.3, 0.4) is 0 Å². The van der Waals surface area contributed by atoms with Crippen LogP contribution < -0.4 is 5.32 Å². The second-order valence-electron chi connectivity index (χ2n) is 4.75. The van der Waals surface area contributed by atoms with Crippen LogP contribution >= 0.6 is 0 Å². The molecule has 0 aromatic heterocycles. The average Bonchev–Trinajstić information content (AvgIpc) is 2.52. The summed E-state index contributed by atoms with van der Waals surface area (Å²) in [5.74, 6) is 0. The smallest absolute Gasteiger partial charge is 0.0717 e. The Bertz CT molecular complexity index is 473. The van der Waals surface area contributed by atoms with Gasteiger partial charge < -0.3 is 15.2 Å². The zero-order valence-corrected chi connectivity index (χ0v) is 11.5. The van der Waals surface area contributed by atoms with Crippen LogP contribution in [0, 0.1) is 0 Å². The Hall–Kier alpha value is -1.68. The van der Waals surface area contributed by atoms with Gasteiger partial charge in [0.2, 0.25) is 0 Å². The highest BCUT2D eigenvalue weighted by Gasteiger charge is 2.06. The summed E-state index contributed by atoms with van der Waals surface area (Å²) in [5, 5.41) is 12.7. The van der Waals surface area contributed by atoms with Gasteiger partial charge in [0, 0.05) is 6.54 Å². The summed E-state index contributed by atoms with van der Waals surface area (Å²) < 4.78 is 5.64. The molecule has 2 N–H and O–H groups in total. The van der Waals surface area contributed by atoms with Gasteiger partial charge in [-0.05, 0) is 11.1 Å². The molecule has 2 aromatic rings. The summed E-state index contributed by atoms with van der Waals surface area (Å²) in [5.41, 5.74) is 2.35. The fourth-order valence-corrected chi connectivity index (χ4v) is 1.93. The van der Waals surface area contributed by atoms with Gasteiger partial charge in [-0.2, -0.15) is 0 Å². The summed E-state index contributed by atoms with van der Waals surface area (Å²) >= 11 is 0. The predicted octanol–water partition coefficient (Wildman–Crippen LogP) is 2.35. The summed E-state index contributed by atoms with van der Waals surface area (Å²) in [6, 6.07) is 20.1. The van der Waals surface area contributed by atoms with E-state index >= 15 is 0 Å². The van der Waals surface area contributed by atoms with Crippen LogP contribution in [0.25, 0.3) is 0 Å². The average molecular weight is 271 g/mol. The summed E-state index contributed by atoms with van der Waals surface area (Å²) in [6.45, 7) is 1.88. The molecule has 0 saturated carbocycles. The van der Waals surface area contributed by atoms with Gasteiger partial charge in [0.1, 0.15) is 0 Å². The number of hydrogen-bond acceptors (Lipinski definition) is 3. The van der Waals surface area contributed by atoms with E-state index in [-0.39, 0.29) is 12.6 Å². The number of benzene rings is 2. The molecule has 0 aliphatic rings. The Kier molecular flexibility index (Phi) is 6.24. The molecule has 3 nitrogen and oxygen atoms in total. The quantitative estimate of drug-likeness (QED) is 0.774. The summed E-state index contributed by atoms with van der Waals surface area (Å²) in [6.07, 6.45) is 0. The van der Waals surface area contributed by atoms with Crippen LogP contribution in [0.5, 0.6) is 0 Å². The lowest BCUT2D eigenvalue weighted by Gasteiger charge is -2.16. The van der Waals surface area contributed by atoms with Crippen molar-refractivity contribution in [2.45, 2.75) is 19.2 Å². The van der Waals surface area contributed by atoms with Crippen molar-refractivity contribution in [1.82, 2.24) is 5.32 Å². The standard InChI is InChI=1S/C17H21NO2/c19-12-17(18-11-15-7-3-1-4-8-15)14-20-13-16-9-5-2-6-10-16/h1-10,17-19H,11-14H2/t17-/m1/s1. The minimum absolute atomic E-state index is 0.0427. The van der Waals surface area contributed by atoms with Gasteiger partial charge in [0.15, 0.2) is 0 Å². The van der Waals surface area contributed by atoms with Gasteiger partial charge in [-0.25, -0.2) is 0 Å². The zero-order chi connectivity index (χ0) is 14.0. The maximum absolute atomic E-state index is 9.36. The third kappa shape index (κ3) is 5.13. The molecule has 0 amide bonds. The van der Waals surface area contributed by atoms with Gasteiger partial charge in [0.05, 0.1) is 25.9 Å². The first-order valence-corrected chi connectivity index (χ1v) is 6.88. The van der Waals surface area contributed by atoms with E-state index in [4.69, 9.17) is 4.74 Å². The third-order valence-electron chi connectivity index (χ3n) is 3.09. The predicted molar refractivity (Wildman–Crippen MR) is 80.3 cm³/mol. The Balaban J connectivity index is 1.70. The van der Waals surface area contributed by atoms with Crippen molar-refractivity contribution in [1.29, 1.82) is 0 Å². The Morgan fingerprint density at radius 2 is 1.50 bits per heavy atom. The molecule has 2 aromatic carbocycles. The summed E-state index contributed by atoms with van der Waals surface area (Å²) in [4.78, 5) is 0. The van der Waals surface area contributed by atoms with Crippen molar-refractivity contribution in [3.8, 4) is 0 Å². The molecule has 0 aliphatic carbocycles. The molecule has 106 valence electrons. The van der Waals surface area contributed by atoms with Crippen molar-refractivity contribution in [2.24, 2.45) is 0 Å². The van der Waals surface area contributed by atoms with Crippen LogP contribution in [0.4, 0.5) is 0 Å². The first kappa shape index (κ1) is 14.7. The highest BCUT2D eigenvalue weighted by atomic mass is 16.5. The maximum Gasteiger partial charge on any atom is 0.0717 e. The van der Waals surface area contributed by atoms with E-state index < -0.39 is 0 Å². The van der Waals surface area contributed by atoms with Gasteiger partial charge in [-0.3, -0.25) is 0 Å². The molecule has 2 rings (SSSR count). The first-order valence-electron chi connectivity index (χ1n) is 6.88. The van der Waals surface area contributed by atoms with Crippen LogP contribution in [-0.4, -0.2) is 24.4 Å². The van der Waals surface area contributed by atoms with Crippen molar-refractivity contribution in [3.63, 3.8) is 0 Å². The number of aliphatic hydroxyl groups excluding tert-OH is 1. The van der Waals surface area contributed by atoms with E-state index in [9.17, 15) is 5.11 Å². The largest absolute Gasteiger partial charge is 0.395 e. The molecule has 3 heteroatoms. The van der Waals surface area contributed by atoms with E-state index in [1.807, 2.05) is 48.5 Å². The first-order chi connectivity index (χ1) is 9.88. The Morgan fingerprint density at radius 3 is 2.10 bits per heavy atom. The van der Waals surface area contributed by atoms with Crippen molar-refractivity contribution in [3.05, 3.63) is 71.8 Å². The topological polar surface area (TPSA) is 41.5 Å². The van der Waals surface area contributed by atoms with E-state index in [0.29, 0.717) is 13.2 Å². The lowest BCUT2D eigenvalue weighted by Crippen LogP contribution is -2.36. The fraction of sp³-hybridized carbons (Fsp3) is 0.294. The molecular weight excluding hydrogens is 250 g/mol. The number of hydrogen-bond donors (Lipinski definition) is 2. The minimum atomic E-state index is -0.0427. The molecule has 0 radical (unpaired) electrons. The van der Waals surface area contributed by atoms with Gasteiger partial charge in [-0.15, -0.1) is 0 Å². The highest BCUT2D eigenvalue weighted by Crippen LogP contribution is 2.02. The van der Waals surface area contributed by atoms with E-state index in [2.05, 4.69) is 17.4 Å². The molecule has 0 spiro atoms. The number of rotatable bonds is 8. The molecule has 20 heavy (non-hydrogen) atoms. The van der Waals surface area contributed by atoms with Crippen molar-refractivity contribution in [2.75, 3.05) is 13.2 Å². The van der Waals surface area contributed by atoms with E-state index in [1.165, 1.54) is 5.56 Å². The van der Waals surface area contributed by atoms with E-state index in [0.717, 1.165) is 12.1 Å². The molecular formula is C17H21NO2. The zero-order valence-electron chi connectivity index (χ0n) is 11.5. The van der Waals surface area contributed by atoms with Gasteiger partial charge in [-0.1, -0.05) is 60.7 Å². The van der Waals surface area contributed by atoms with Crippen LogP contribution in [0.2, 0.25) is 0 Å². The normalized spacial score (nSPS) is 12.2. The molecule has 0 bridgehead atoms. The molecule has 0 unspecified atom stereocenters. The third-order valence-corrected chi connectivity index (χ3v) is 3.09. The summed E-state index contributed by atoms with van der Waals surface area (Å²) in [7, 11) is 0. The van der Waals surface area contributed by atoms with Gasteiger partial charge >= 0.3 is 0 Å². The van der Waals surface area contributed by atoms with Crippen LogP contribution in [0.1, 0.15) is 11.1 Å². The lowest BCUT2D eigenvalue weighted by atomic mass is 10.2. The van der Waals surface area contributed by atoms with Gasteiger partial charge in [0.25, 0.3) is 0 Å². The fourth-order valence-electron chi connectivity index (χ4n) is 1.93. The molecule has 0 fully saturated rings. The minimum Gasteiger partial charge on any atom is -0.395 e. The van der Waals surface area contributed by atoms with E-state index in [1.54, 1.807) is 0 Å². The van der Waals surface area contributed by atoms with Crippen LogP contribution in [-0.2, 0) is 17.9 Å². The molecule has 0 heterocycles.